The van der Waals surface area contributed by atoms with Crippen molar-refractivity contribution in [2.24, 2.45) is 0 Å². The van der Waals surface area contributed by atoms with Gasteiger partial charge in [0.15, 0.2) is 5.65 Å². The Balaban J connectivity index is 0. The molecular weight excluding hydrogens is 472 g/mol. The van der Waals surface area contributed by atoms with Gasteiger partial charge < -0.3 is 15.0 Å². The summed E-state index contributed by atoms with van der Waals surface area (Å²) < 4.78 is 5.83. The number of aromatic amines is 1. The third-order valence-corrected chi connectivity index (χ3v) is 4.30. The van der Waals surface area contributed by atoms with Crippen LogP contribution in [0.5, 0.6) is 5.75 Å². The van der Waals surface area contributed by atoms with Crippen LogP contribution < -0.4 is 10.1 Å². The number of hydrogen-bond donors (Lipinski definition) is 2. The molecule has 2 aromatic heterocycles. The first-order valence-electron chi connectivity index (χ1n) is 13.8. The lowest BCUT2D eigenvalue weighted by Crippen LogP contribution is -2.07. The molecular formula is C32H50N4O2. The topological polar surface area (TPSA) is 79.9 Å². The van der Waals surface area contributed by atoms with Gasteiger partial charge in [-0.05, 0) is 58.0 Å². The highest BCUT2D eigenvalue weighted by molar-refractivity contribution is 5.81. The number of carbonyl (C=O) groups excluding carboxylic acids is 1. The lowest BCUT2D eigenvalue weighted by atomic mass is 10.1. The van der Waals surface area contributed by atoms with Crippen molar-refractivity contribution in [1.82, 2.24) is 15.0 Å². The first-order valence-corrected chi connectivity index (χ1v) is 13.8. The van der Waals surface area contributed by atoms with Crippen molar-refractivity contribution >= 4 is 23.3 Å². The smallest absolute Gasteiger partial charge is 0.211 e. The van der Waals surface area contributed by atoms with Crippen LogP contribution in [0.4, 0.5) is 5.69 Å². The van der Waals surface area contributed by atoms with Gasteiger partial charge in [-0.15, -0.1) is 0 Å². The number of benzene rings is 2. The highest BCUT2D eigenvalue weighted by Gasteiger charge is 2.13. The molecule has 0 fully saturated rings. The average Bonchev–Trinajstić information content (AvgIpc) is 3.40. The Morgan fingerprint density at radius 2 is 1.39 bits per heavy atom. The number of amides is 1. The van der Waals surface area contributed by atoms with Crippen LogP contribution in [0.15, 0.2) is 60.8 Å². The minimum Gasteiger partial charge on any atom is -0.490 e. The monoisotopic (exact) mass is 522 g/mol. The van der Waals surface area contributed by atoms with Crippen LogP contribution in [0.25, 0.3) is 22.6 Å². The molecule has 0 aliphatic rings. The Morgan fingerprint density at radius 1 is 0.842 bits per heavy atom. The van der Waals surface area contributed by atoms with E-state index in [1.54, 1.807) is 12.3 Å². The Hall–Kier alpha value is -3.67. The normalized spacial score (nSPS) is 8.87. The molecule has 0 bridgehead atoms. The summed E-state index contributed by atoms with van der Waals surface area (Å²) in [5.74, 6) is 1.35. The molecule has 0 saturated heterocycles. The second-order valence-corrected chi connectivity index (χ2v) is 7.25. The number of H-pyrrole nitrogens is 1. The maximum atomic E-state index is 10.6. The van der Waals surface area contributed by atoms with Gasteiger partial charge >= 0.3 is 0 Å². The van der Waals surface area contributed by atoms with E-state index in [-0.39, 0.29) is 6.10 Å². The molecule has 4 rings (SSSR count). The summed E-state index contributed by atoms with van der Waals surface area (Å²) in [6.45, 7) is 24.1. The fourth-order valence-electron chi connectivity index (χ4n) is 2.84. The second-order valence-electron chi connectivity index (χ2n) is 7.25. The van der Waals surface area contributed by atoms with Gasteiger partial charge in [-0.1, -0.05) is 90.8 Å². The average molecular weight is 523 g/mol. The quantitative estimate of drug-likeness (QED) is 0.256. The number of aryl methyl sites for hydroxylation is 2. The van der Waals surface area contributed by atoms with Crippen molar-refractivity contribution < 1.29 is 9.53 Å². The van der Waals surface area contributed by atoms with E-state index in [0.717, 1.165) is 11.1 Å². The molecule has 0 atom stereocenters. The molecule has 2 N–H and O–H groups in total. The fraction of sp³-hybridized carbons (Fsp3) is 0.406. The van der Waals surface area contributed by atoms with Crippen LogP contribution in [-0.4, -0.2) is 27.5 Å². The van der Waals surface area contributed by atoms with Crippen molar-refractivity contribution in [3.8, 4) is 17.1 Å². The number of fused-ring (bicyclic) bond motifs is 1. The van der Waals surface area contributed by atoms with Gasteiger partial charge in [0.1, 0.15) is 11.6 Å². The minimum absolute atomic E-state index is 0.0335. The third kappa shape index (κ3) is 13.0. The maximum absolute atomic E-state index is 10.6. The van der Waals surface area contributed by atoms with Crippen LogP contribution in [-0.2, 0) is 4.79 Å². The first-order chi connectivity index (χ1) is 18.5. The van der Waals surface area contributed by atoms with Crippen LogP contribution >= 0.6 is 0 Å². The van der Waals surface area contributed by atoms with Crippen LogP contribution in [0, 0.1) is 13.8 Å². The molecule has 4 aromatic rings. The number of rotatable bonds is 5. The number of nitrogens with zero attached hydrogens (tertiary/aromatic N) is 2. The van der Waals surface area contributed by atoms with E-state index in [9.17, 15) is 4.79 Å². The third-order valence-electron chi connectivity index (χ3n) is 4.30. The first kappa shape index (κ1) is 36.5. The van der Waals surface area contributed by atoms with Crippen LogP contribution in [0.3, 0.4) is 0 Å². The van der Waals surface area contributed by atoms with Gasteiger partial charge in [-0.2, -0.15) is 0 Å². The number of imidazole rings is 1. The van der Waals surface area contributed by atoms with Crippen molar-refractivity contribution in [2.75, 3.05) is 5.32 Å². The van der Waals surface area contributed by atoms with E-state index in [2.05, 4.69) is 58.4 Å². The SMILES string of the molecule is CC.CC.CC.CC.CC(C)Oc1ccc(NC=O)cc1-c1nc2ncccc2[nH]1.Cc1ccc(C)cc1. The van der Waals surface area contributed by atoms with E-state index in [4.69, 9.17) is 4.74 Å². The van der Waals surface area contributed by atoms with E-state index < -0.39 is 0 Å². The number of carbonyl (C=O) groups is 1. The molecule has 0 spiro atoms. The van der Waals surface area contributed by atoms with E-state index in [1.807, 2.05) is 93.5 Å². The number of ether oxygens (including phenoxy) is 1. The zero-order valence-corrected chi connectivity index (χ0v) is 25.6. The zero-order chi connectivity index (χ0) is 29.5. The Morgan fingerprint density at radius 3 is 1.87 bits per heavy atom. The van der Waals surface area contributed by atoms with Gasteiger partial charge in [-0.25, -0.2) is 9.97 Å². The Bertz CT molecular complexity index is 1070. The minimum atomic E-state index is 0.0335. The van der Waals surface area contributed by atoms with Gasteiger partial charge in [0.2, 0.25) is 6.41 Å². The highest BCUT2D eigenvalue weighted by Crippen LogP contribution is 2.32. The van der Waals surface area contributed by atoms with Gasteiger partial charge in [0.25, 0.3) is 0 Å². The second kappa shape index (κ2) is 22.5. The lowest BCUT2D eigenvalue weighted by molar-refractivity contribution is -0.105. The van der Waals surface area contributed by atoms with Crippen molar-refractivity contribution in [2.45, 2.75) is 89.2 Å². The summed E-state index contributed by atoms with van der Waals surface area (Å²) in [6, 6.07) is 17.7. The molecule has 38 heavy (non-hydrogen) atoms. The standard InChI is InChI=1S/C16H16N4O2.C8H10.4C2H6/c1-10(2)22-14-6-5-11(18-9-21)8-12(14)15-19-13-4-3-7-17-16(13)20-15;1-7-3-5-8(2)6-4-7;4*1-2/h3-10H,1-2H3,(H,18,21)(H,17,19,20);3-6H,1-2H3;4*1-2H3. The molecule has 210 valence electrons. The molecule has 0 unspecified atom stereocenters. The van der Waals surface area contributed by atoms with Crippen LogP contribution in [0.2, 0.25) is 0 Å². The molecule has 0 aliphatic heterocycles. The Kier molecular flexibility index (Phi) is 21.6. The largest absolute Gasteiger partial charge is 0.490 e. The van der Waals surface area contributed by atoms with Crippen molar-refractivity contribution in [3.05, 3.63) is 71.9 Å². The molecule has 0 saturated carbocycles. The van der Waals surface area contributed by atoms with Gasteiger partial charge in [-0.3, -0.25) is 4.79 Å². The van der Waals surface area contributed by atoms with E-state index in [1.165, 1.54) is 11.1 Å². The van der Waals surface area contributed by atoms with Crippen molar-refractivity contribution in [3.63, 3.8) is 0 Å². The summed E-state index contributed by atoms with van der Waals surface area (Å²) >= 11 is 0. The molecule has 2 heterocycles. The fourth-order valence-corrected chi connectivity index (χ4v) is 2.84. The summed E-state index contributed by atoms with van der Waals surface area (Å²) in [6.07, 6.45) is 2.37. The molecule has 0 aliphatic carbocycles. The van der Waals surface area contributed by atoms with E-state index in [0.29, 0.717) is 29.3 Å². The van der Waals surface area contributed by atoms with Gasteiger partial charge in [0, 0.05) is 11.9 Å². The predicted octanol–water partition coefficient (Wildman–Crippen LogP) is 9.39. The molecule has 6 heteroatoms. The lowest BCUT2D eigenvalue weighted by Gasteiger charge is -2.14. The van der Waals surface area contributed by atoms with Gasteiger partial charge in [0.05, 0.1) is 17.2 Å². The molecule has 2 aromatic carbocycles. The predicted molar refractivity (Wildman–Crippen MR) is 166 cm³/mol. The number of pyridine rings is 1. The number of nitrogens with one attached hydrogen (secondary N) is 2. The van der Waals surface area contributed by atoms with Crippen LogP contribution in [0.1, 0.15) is 80.4 Å². The zero-order valence-electron chi connectivity index (χ0n) is 25.6. The Labute approximate surface area is 231 Å². The molecule has 1 amide bonds. The summed E-state index contributed by atoms with van der Waals surface area (Å²) in [7, 11) is 0. The molecule has 6 nitrogen and oxygen atoms in total. The summed E-state index contributed by atoms with van der Waals surface area (Å²) in [5, 5.41) is 2.64. The maximum Gasteiger partial charge on any atom is 0.211 e. The number of anilines is 1. The highest BCUT2D eigenvalue weighted by atomic mass is 16.5. The van der Waals surface area contributed by atoms with E-state index >= 15 is 0 Å². The number of aromatic nitrogens is 3. The van der Waals surface area contributed by atoms with Crippen molar-refractivity contribution in [1.29, 1.82) is 0 Å². The number of hydrogen-bond acceptors (Lipinski definition) is 4. The molecule has 0 radical (unpaired) electrons. The summed E-state index contributed by atoms with van der Waals surface area (Å²) in [4.78, 5) is 22.6. The summed E-state index contributed by atoms with van der Waals surface area (Å²) in [5.41, 5.74) is 5.60.